The van der Waals surface area contributed by atoms with Gasteiger partial charge in [0, 0.05) is 39.3 Å². The molecule has 0 atom stereocenters. The first-order valence-electron chi connectivity index (χ1n) is 9.42. The van der Waals surface area contributed by atoms with Crippen LogP contribution in [0.1, 0.15) is 13.3 Å². The van der Waals surface area contributed by atoms with Crippen LogP contribution in [0.3, 0.4) is 0 Å². The van der Waals surface area contributed by atoms with Gasteiger partial charge in [-0.3, -0.25) is 4.79 Å². The maximum Gasteiger partial charge on any atom is 0.223 e. The van der Waals surface area contributed by atoms with Gasteiger partial charge >= 0.3 is 0 Å². The number of anilines is 2. The lowest BCUT2D eigenvalue weighted by Crippen LogP contribution is -2.29. The molecular formula is C21H27N3O3S. The van der Waals surface area contributed by atoms with Crippen LogP contribution < -0.4 is 9.80 Å². The molecule has 0 aliphatic carbocycles. The number of likely N-dealkylation sites (N-methyl/N-ethyl adjacent to an activating group) is 1. The first kappa shape index (κ1) is 20.4. The van der Waals surface area contributed by atoms with Gasteiger partial charge in [0.25, 0.3) is 0 Å². The Morgan fingerprint density at radius 3 is 2.39 bits per heavy atom. The zero-order valence-corrected chi connectivity index (χ0v) is 17.4. The highest BCUT2D eigenvalue weighted by molar-refractivity contribution is 7.91. The van der Waals surface area contributed by atoms with Crippen LogP contribution in [0.2, 0.25) is 0 Å². The van der Waals surface area contributed by atoms with Crippen molar-refractivity contribution in [3.05, 3.63) is 48.5 Å². The summed E-state index contributed by atoms with van der Waals surface area (Å²) in [5, 5.41) is 0. The van der Waals surface area contributed by atoms with E-state index in [-0.39, 0.29) is 15.7 Å². The van der Waals surface area contributed by atoms with Crippen LogP contribution >= 0.6 is 0 Å². The van der Waals surface area contributed by atoms with Crippen LogP contribution in [0.15, 0.2) is 58.3 Å². The van der Waals surface area contributed by atoms with E-state index in [9.17, 15) is 13.2 Å². The van der Waals surface area contributed by atoms with Gasteiger partial charge in [0.2, 0.25) is 15.7 Å². The van der Waals surface area contributed by atoms with Crippen molar-refractivity contribution >= 4 is 27.1 Å². The third-order valence-corrected chi connectivity index (χ3v) is 7.02. The molecule has 2 aromatic rings. The number of nitrogens with zero attached hydrogens (tertiary/aromatic N) is 3. The second-order valence-corrected chi connectivity index (χ2v) is 9.11. The van der Waals surface area contributed by atoms with E-state index < -0.39 is 9.84 Å². The molecule has 1 saturated heterocycles. The van der Waals surface area contributed by atoms with Crippen molar-refractivity contribution in [3.8, 4) is 0 Å². The summed E-state index contributed by atoms with van der Waals surface area (Å²) in [4.78, 5) is 18.4. The second kappa shape index (κ2) is 8.32. The summed E-state index contributed by atoms with van der Waals surface area (Å²) in [5.74, 6) is -0.211. The van der Waals surface area contributed by atoms with E-state index in [1.807, 2.05) is 12.1 Å². The van der Waals surface area contributed by atoms with Crippen molar-refractivity contribution in [2.45, 2.75) is 23.1 Å². The summed E-state index contributed by atoms with van der Waals surface area (Å²) in [7, 11) is -0.0144. The van der Waals surface area contributed by atoms with E-state index in [1.165, 1.54) is 11.8 Å². The number of amides is 1. The van der Waals surface area contributed by atoms with Gasteiger partial charge in [0.1, 0.15) is 0 Å². The van der Waals surface area contributed by atoms with E-state index in [0.29, 0.717) is 5.69 Å². The van der Waals surface area contributed by atoms with Gasteiger partial charge in [-0.25, -0.2) is 8.42 Å². The second-order valence-electron chi connectivity index (χ2n) is 7.19. The number of benzene rings is 2. The summed E-state index contributed by atoms with van der Waals surface area (Å²) in [6, 6.07) is 13.6. The molecule has 28 heavy (non-hydrogen) atoms. The number of carbonyl (C=O) groups excluding carboxylic acids is 1. The lowest BCUT2D eigenvalue weighted by molar-refractivity contribution is -0.116. The third kappa shape index (κ3) is 4.20. The Labute approximate surface area is 167 Å². The average Bonchev–Trinajstić information content (AvgIpc) is 2.92. The largest absolute Gasteiger partial charge is 0.370 e. The molecule has 2 aromatic carbocycles. The fraction of sp³-hybridized carbons (Fsp3) is 0.381. The summed E-state index contributed by atoms with van der Waals surface area (Å²) >= 11 is 0. The summed E-state index contributed by atoms with van der Waals surface area (Å²) in [6.07, 6.45) is 1.04. The van der Waals surface area contributed by atoms with Gasteiger partial charge < -0.3 is 14.7 Å². The Hall–Kier alpha value is -2.38. The molecule has 6 nitrogen and oxygen atoms in total. The molecule has 0 saturated carbocycles. The number of sulfone groups is 1. The lowest BCUT2D eigenvalue weighted by atomic mass is 10.2. The molecule has 1 aliphatic heterocycles. The van der Waals surface area contributed by atoms with E-state index in [4.69, 9.17) is 0 Å². The van der Waals surface area contributed by atoms with E-state index >= 15 is 0 Å². The monoisotopic (exact) mass is 401 g/mol. The van der Waals surface area contributed by atoms with Crippen molar-refractivity contribution < 1.29 is 13.2 Å². The fourth-order valence-corrected chi connectivity index (χ4v) is 4.88. The first-order valence-corrected chi connectivity index (χ1v) is 10.9. The maximum atomic E-state index is 13.2. The summed E-state index contributed by atoms with van der Waals surface area (Å²) in [5.41, 5.74) is 1.34. The minimum absolute atomic E-state index is 0.145. The first-order chi connectivity index (χ1) is 13.3. The molecule has 3 rings (SSSR count). The van der Waals surface area contributed by atoms with Crippen molar-refractivity contribution in [1.29, 1.82) is 0 Å². The molecule has 1 heterocycles. The maximum absolute atomic E-state index is 13.2. The predicted octanol–water partition coefficient (Wildman–Crippen LogP) is 2.64. The standard InChI is InChI=1S/C21H27N3O3S/c1-17(25)23(3)20-16-18(24-13-7-12-22(2)14-15-24)10-11-21(20)28(26,27)19-8-5-4-6-9-19/h4-6,8-11,16H,7,12-15H2,1-3H3. The minimum atomic E-state index is -3.73. The molecule has 0 aromatic heterocycles. The number of hydrogen-bond donors (Lipinski definition) is 0. The molecule has 1 amide bonds. The van der Waals surface area contributed by atoms with E-state index in [2.05, 4.69) is 16.8 Å². The van der Waals surface area contributed by atoms with Crippen molar-refractivity contribution in [2.75, 3.05) is 50.1 Å². The van der Waals surface area contributed by atoms with Gasteiger partial charge in [-0.2, -0.15) is 0 Å². The molecule has 1 aliphatic rings. The number of rotatable bonds is 4. The van der Waals surface area contributed by atoms with Gasteiger partial charge in [0.15, 0.2) is 0 Å². The molecule has 0 radical (unpaired) electrons. The highest BCUT2D eigenvalue weighted by atomic mass is 32.2. The van der Waals surface area contributed by atoms with Gasteiger partial charge in [-0.1, -0.05) is 18.2 Å². The Bertz CT molecular complexity index is 945. The topological polar surface area (TPSA) is 60.9 Å². The highest BCUT2D eigenvalue weighted by Crippen LogP contribution is 2.33. The lowest BCUT2D eigenvalue weighted by Gasteiger charge is -2.26. The van der Waals surface area contributed by atoms with E-state index in [0.717, 1.165) is 38.3 Å². The number of hydrogen-bond acceptors (Lipinski definition) is 5. The molecule has 0 unspecified atom stereocenters. The van der Waals surface area contributed by atoms with Crippen LogP contribution in [-0.4, -0.2) is 59.5 Å². The van der Waals surface area contributed by atoms with Crippen molar-refractivity contribution in [1.82, 2.24) is 4.90 Å². The normalized spacial score (nSPS) is 15.9. The zero-order valence-electron chi connectivity index (χ0n) is 16.6. The zero-order chi connectivity index (χ0) is 20.3. The van der Waals surface area contributed by atoms with Gasteiger partial charge in [-0.05, 0) is 50.3 Å². The van der Waals surface area contributed by atoms with Crippen LogP contribution in [0.5, 0.6) is 0 Å². The van der Waals surface area contributed by atoms with Crippen molar-refractivity contribution in [3.63, 3.8) is 0 Å². The fourth-order valence-electron chi connectivity index (χ4n) is 3.39. The molecule has 7 heteroatoms. The van der Waals surface area contributed by atoms with Gasteiger partial charge in [-0.15, -0.1) is 0 Å². The minimum Gasteiger partial charge on any atom is -0.370 e. The molecule has 0 spiro atoms. The van der Waals surface area contributed by atoms with Crippen LogP contribution in [0.25, 0.3) is 0 Å². The summed E-state index contributed by atoms with van der Waals surface area (Å²) < 4.78 is 26.4. The highest BCUT2D eigenvalue weighted by Gasteiger charge is 2.25. The van der Waals surface area contributed by atoms with Crippen LogP contribution in [0.4, 0.5) is 11.4 Å². The Morgan fingerprint density at radius 1 is 1.00 bits per heavy atom. The molecule has 0 N–H and O–H groups in total. The quantitative estimate of drug-likeness (QED) is 0.788. The smallest absolute Gasteiger partial charge is 0.223 e. The SMILES string of the molecule is CC(=O)N(C)c1cc(N2CCCN(C)CC2)ccc1S(=O)(=O)c1ccccc1. The Balaban J connectivity index is 2.07. The number of carbonyl (C=O) groups is 1. The molecular weight excluding hydrogens is 374 g/mol. The Morgan fingerprint density at radius 2 is 1.71 bits per heavy atom. The van der Waals surface area contributed by atoms with Crippen LogP contribution in [0, 0.1) is 0 Å². The average molecular weight is 402 g/mol. The Kier molecular flexibility index (Phi) is 6.05. The van der Waals surface area contributed by atoms with Gasteiger partial charge in [0.05, 0.1) is 15.5 Å². The molecule has 0 bridgehead atoms. The summed E-state index contributed by atoms with van der Waals surface area (Å²) in [6.45, 7) is 5.19. The third-order valence-electron chi connectivity index (χ3n) is 5.20. The molecule has 1 fully saturated rings. The van der Waals surface area contributed by atoms with Crippen LogP contribution in [-0.2, 0) is 14.6 Å². The molecule has 150 valence electrons. The predicted molar refractivity (Wildman–Crippen MR) is 112 cm³/mol. The van der Waals surface area contributed by atoms with Crippen molar-refractivity contribution in [2.24, 2.45) is 0 Å². The van der Waals surface area contributed by atoms with E-state index in [1.54, 1.807) is 43.4 Å².